The Morgan fingerprint density at radius 1 is 1.16 bits per heavy atom. The molecule has 1 saturated heterocycles. The van der Waals surface area contributed by atoms with Gasteiger partial charge in [0, 0.05) is 13.1 Å². The SMILES string of the molecule is CC1CC(C(=O)O)CN(C(=O)NC(C)c2cccc3ccccc23)C1. The minimum Gasteiger partial charge on any atom is -0.481 e. The highest BCUT2D eigenvalue weighted by atomic mass is 16.4. The summed E-state index contributed by atoms with van der Waals surface area (Å²) >= 11 is 0. The first-order valence-electron chi connectivity index (χ1n) is 8.71. The molecule has 5 heteroatoms. The molecule has 2 aromatic rings. The molecule has 132 valence electrons. The van der Waals surface area contributed by atoms with E-state index >= 15 is 0 Å². The summed E-state index contributed by atoms with van der Waals surface area (Å²) in [4.78, 5) is 25.6. The molecule has 0 aromatic heterocycles. The van der Waals surface area contributed by atoms with Gasteiger partial charge in [0.1, 0.15) is 0 Å². The van der Waals surface area contributed by atoms with Crippen LogP contribution in [0.2, 0.25) is 0 Å². The predicted octanol–water partition coefficient (Wildman–Crippen LogP) is 3.65. The molecule has 25 heavy (non-hydrogen) atoms. The number of aliphatic carboxylic acids is 1. The Bertz CT molecular complexity index is 784. The Kier molecular flexibility index (Phi) is 4.93. The van der Waals surface area contributed by atoms with Crippen LogP contribution < -0.4 is 5.32 Å². The third kappa shape index (κ3) is 3.76. The number of piperidine rings is 1. The standard InChI is InChI=1S/C20H24N2O3/c1-13-10-16(19(23)24)12-22(11-13)20(25)21-14(2)17-9-5-7-15-6-3-4-8-18(15)17/h3-9,13-14,16H,10-12H2,1-2H3,(H,21,25)(H,23,24). The van der Waals surface area contributed by atoms with Crippen LogP contribution in [0.25, 0.3) is 10.8 Å². The van der Waals surface area contributed by atoms with Gasteiger partial charge in [-0.1, -0.05) is 49.4 Å². The Morgan fingerprint density at radius 2 is 1.88 bits per heavy atom. The zero-order chi connectivity index (χ0) is 18.0. The first-order chi connectivity index (χ1) is 12.0. The van der Waals surface area contributed by atoms with Gasteiger partial charge in [0.15, 0.2) is 0 Å². The van der Waals surface area contributed by atoms with E-state index in [1.54, 1.807) is 4.90 Å². The molecule has 1 fully saturated rings. The molecule has 3 rings (SSSR count). The number of amides is 2. The number of fused-ring (bicyclic) bond motifs is 1. The van der Waals surface area contributed by atoms with Gasteiger partial charge < -0.3 is 15.3 Å². The molecule has 0 spiro atoms. The van der Waals surface area contributed by atoms with Crippen molar-refractivity contribution in [2.24, 2.45) is 11.8 Å². The summed E-state index contributed by atoms with van der Waals surface area (Å²) in [5.74, 6) is -1.12. The third-order valence-electron chi connectivity index (χ3n) is 4.93. The van der Waals surface area contributed by atoms with Crippen LogP contribution in [-0.4, -0.2) is 35.1 Å². The maximum absolute atomic E-state index is 12.7. The smallest absolute Gasteiger partial charge is 0.317 e. The highest BCUT2D eigenvalue weighted by molar-refractivity contribution is 5.86. The summed E-state index contributed by atoms with van der Waals surface area (Å²) in [7, 11) is 0. The van der Waals surface area contributed by atoms with E-state index in [0.29, 0.717) is 13.0 Å². The second-order valence-electron chi connectivity index (χ2n) is 7.02. The summed E-state index contributed by atoms with van der Waals surface area (Å²) in [6, 6.07) is 13.8. The summed E-state index contributed by atoms with van der Waals surface area (Å²) in [5.41, 5.74) is 1.06. The number of nitrogens with zero attached hydrogens (tertiary/aromatic N) is 1. The molecule has 3 unspecified atom stereocenters. The van der Waals surface area contributed by atoms with Gasteiger partial charge in [-0.25, -0.2) is 4.79 Å². The Hall–Kier alpha value is -2.56. The molecule has 2 aromatic carbocycles. The molecule has 0 aliphatic carbocycles. The zero-order valence-electron chi connectivity index (χ0n) is 14.6. The number of carboxylic acids is 1. The maximum atomic E-state index is 12.7. The minimum atomic E-state index is -0.827. The quantitative estimate of drug-likeness (QED) is 0.896. The molecule has 0 radical (unpaired) electrons. The molecule has 1 aliphatic heterocycles. The second-order valence-corrected chi connectivity index (χ2v) is 7.02. The summed E-state index contributed by atoms with van der Waals surface area (Å²) in [5, 5.41) is 14.6. The summed E-state index contributed by atoms with van der Waals surface area (Å²) < 4.78 is 0. The number of hydrogen-bond donors (Lipinski definition) is 2. The van der Waals surface area contributed by atoms with Crippen molar-refractivity contribution in [3.05, 3.63) is 48.0 Å². The normalized spacial score (nSPS) is 21.8. The highest BCUT2D eigenvalue weighted by Crippen LogP contribution is 2.25. The van der Waals surface area contributed by atoms with E-state index in [2.05, 4.69) is 23.5 Å². The number of benzene rings is 2. The van der Waals surface area contributed by atoms with Crippen molar-refractivity contribution in [3.63, 3.8) is 0 Å². The summed E-state index contributed by atoms with van der Waals surface area (Å²) in [6.07, 6.45) is 0.623. The lowest BCUT2D eigenvalue weighted by atomic mass is 9.91. The van der Waals surface area contributed by atoms with E-state index in [1.807, 2.05) is 38.1 Å². The van der Waals surface area contributed by atoms with Gasteiger partial charge in [-0.05, 0) is 35.6 Å². The number of carbonyl (C=O) groups excluding carboxylic acids is 1. The van der Waals surface area contributed by atoms with Crippen molar-refractivity contribution >= 4 is 22.8 Å². The molecule has 2 N–H and O–H groups in total. The topological polar surface area (TPSA) is 69.6 Å². The lowest BCUT2D eigenvalue weighted by Crippen LogP contribution is -2.49. The van der Waals surface area contributed by atoms with Crippen molar-refractivity contribution in [1.82, 2.24) is 10.2 Å². The molecule has 0 bridgehead atoms. The molecule has 0 saturated carbocycles. The van der Waals surface area contributed by atoms with Gasteiger partial charge >= 0.3 is 12.0 Å². The van der Waals surface area contributed by atoms with Crippen molar-refractivity contribution in [3.8, 4) is 0 Å². The Morgan fingerprint density at radius 3 is 2.64 bits per heavy atom. The molecule has 1 heterocycles. The van der Waals surface area contributed by atoms with Crippen LogP contribution in [0.1, 0.15) is 31.9 Å². The van der Waals surface area contributed by atoms with Crippen LogP contribution in [0, 0.1) is 11.8 Å². The summed E-state index contributed by atoms with van der Waals surface area (Å²) in [6.45, 7) is 4.82. The van der Waals surface area contributed by atoms with E-state index in [1.165, 1.54) is 0 Å². The van der Waals surface area contributed by atoms with Crippen molar-refractivity contribution in [1.29, 1.82) is 0 Å². The third-order valence-corrected chi connectivity index (χ3v) is 4.93. The molecule has 1 aliphatic rings. The van der Waals surface area contributed by atoms with E-state index in [-0.39, 0.29) is 24.5 Å². The van der Waals surface area contributed by atoms with Gasteiger partial charge in [-0.2, -0.15) is 0 Å². The number of urea groups is 1. The number of carbonyl (C=O) groups is 2. The van der Waals surface area contributed by atoms with Gasteiger partial charge in [-0.3, -0.25) is 4.79 Å². The largest absolute Gasteiger partial charge is 0.481 e. The van der Waals surface area contributed by atoms with Gasteiger partial charge in [0.05, 0.1) is 12.0 Å². The van der Waals surface area contributed by atoms with Crippen LogP contribution in [0.5, 0.6) is 0 Å². The van der Waals surface area contributed by atoms with E-state index in [9.17, 15) is 14.7 Å². The van der Waals surface area contributed by atoms with Gasteiger partial charge in [-0.15, -0.1) is 0 Å². The van der Waals surface area contributed by atoms with Crippen LogP contribution in [0.4, 0.5) is 4.79 Å². The van der Waals surface area contributed by atoms with E-state index in [0.717, 1.165) is 16.3 Å². The number of hydrogen-bond acceptors (Lipinski definition) is 2. The highest BCUT2D eigenvalue weighted by Gasteiger charge is 2.32. The van der Waals surface area contributed by atoms with Crippen LogP contribution in [-0.2, 0) is 4.79 Å². The molecule has 2 amide bonds. The minimum absolute atomic E-state index is 0.154. The first-order valence-corrected chi connectivity index (χ1v) is 8.71. The Balaban J connectivity index is 1.74. The van der Waals surface area contributed by atoms with Gasteiger partial charge in [0.25, 0.3) is 0 Å². The molecular weight excluding hydrogens is 316 g/mol. The zero-order valence-corrected chi connectivity index (χ0v) is 14.6. The average Bonchev–Trinajstić information content (AvgIpc) is 2.60. The fourth-order valence-corrected chi connectivity index (χ4v) is 3.68. The number of carboxylic acid groups (broad SMARTS) is 1. The van der Waals surface area contributed by atoms with Crippen molar-refractivity contribution < 1.29 is 14.7 Å². The van der Waals surface area contributed by atoms with Crippen LogP contribution in [0.15, 0.2) is 42.5 Å². The van der Waals surface area contributed by atoms with Gasteiger partial charge in [0.2, 0.25) is 0 Å². The second kappa shape index (κ2) is 7.13. The molecule has 5 nitrogen and oxygen atoms in total. The number of nitrogens with one attached hydrogen (secondary N) is 1. The van der Waals surface area contributed by atoms with Crippen molar-refractivity contribution in [2.75, 3.05) is 13.1 Å². The lowest BCUT2D eigenvalue weighted by molar-refractivity contribution is -0.143. The average molecular weight is 340 g/mol. The van der Waals surface area contributed by atoms with Crippen molar-refractivity contribution in [2.45, 2.75) is 26.3 Å². The van der Waals surface area contributed by atoms with E-state index in [4.69, 9.17) is 0 Å². The van der Waals surface area contributed by atoms with Crippen LogP contribution >= 0.6 is 0 Å². The number of likely N-dealkylation sites (tertiary alicyclic amines) is 1. The molecular formula is C20H24N2O3. The predicted molar refractivity (Wildman–Crippen MR) is 97.4 cm³/mol. The van der Waals surface area contributed by atoms with Crippen LogP contribution in [0.3, 0.4) is 0 Å². The lowest BCUT2D eigenvalue weighted by Gasteiger charge is -2.35. The Labute approximate surface area is 147 Å². The monoisotopic (exact) mass is 340 g/mol. The first kappa shape index (κ1) is 17.3. The maximum Gasteiger partial charge on any atom is 0.317 e. The fourth-order valence-electron chi connectivity index (χ4n) is 3.68. The van der Waals surface area contributed by atoms with E-state index < -0.39 is 11.9 Å². The number of rotatable bonds is 3. The fraction of sp³-hybridized carbons (Fsp3) is 0.400. The molecule has 3 atom stereocenters.